The number of piperidine rings is 1. The summed E-state index contributed by atoms with van der Waals surface area (Å²) in [6, 6.07) is 11.4. The van der Waals surface area contributed by atoms with Crippen LogP contribution in [0.5, 0.6) is 0 Å². The van der Waals surface area contributed by atoms with Gasteiger partial charge in [-0.25, -0.2) is 4.79 Å². The van der Waals surface area contributed by atoms with Crippen LogP contribution in [0.3, 0.4) is 0 Å². The predicted molar refractivity (Wildman–Crippen MR) is 105 cm³/mol. The minimum Gasteiger partial charge on any atom is -0.448 e. The Bertz CT molecular complexity index is 634. The van der Waals surface area contributed by atoms with Crippen LogP contribution in [0.1, 0.15) is 47.0 Å². The van der Waals surface area contributed by atoms with Crippen molar-refractivity contribution in [3.05, 3.63) is 30.3 Å². The Morgan fingerprint density at radius 3 is 2.41 bits per heavy atom. The van der Waals surface area contributed by atoms with Crippen LogP contribution in [0, 0.1) is 11.3 Å². The molecule has 0 aromatic heterocycles. The summed E-state index contributed by atoms with van der Waals surface area (Å²) in [6.45, 7) is 10.2. The molecule has 0 unspecified atom stereocenters. The van der Waals surface area contributed by atoms with Crippen LogP contribution in [0.15, 0.2) is 30.3 Å². The lowest BCUT2D eigenvalue weighted by Gasteiger charge is -2.55. The monoisotopic (exact) mass is 373 g/mol. The Morgan fingerprint density at radius 2 is 1.81 bits per heavy atom. The summed E-state index contributed by atoms with van der Waals surface area (Å²) in [7, 11) is 0. The van der Waals surface area contributed by atoms with Crippen molar-refractivity contribution < 1.29 is 14.3 Å². The van der Waals surface area contributed by atoms with Crippen molar-refractivity contribution in [2.24, 2.45) is 0 Å². The van der Waals surface area contributed by atoms with Crippen molar-refractivity contribution in [1.29, 1.82) is 5.26 Å². The van der Waals surface area contributed by atoms with E-state index in [4.69, 9.17) is 14.7 Å². The van der Waals surface area contributed by atoms with Gasteiger partial charge in [0.15, 0.2) is 0 Å². The van der Waals surface area contributed by atoms with E-state index in [1.54, 1.807) is 0 Å². The molecule has 0 saturated carbocycles. The Morgan fingerprint density at radius 1 is 1.19 bits per heavy atom. The van der Waals surface area contributed by atoms with E-state index in [9.17, 15) is 4.79 Å². The number of nitrogens with zero attached hydrogens (tertiary/aromatic N) is 2. The average Bonchev–Trinajstić information content (AvgIpc) is 2.57. The van der Waals surface area contributed by atoms with Gasteiger partial charge in [0, 0.05) is 23.3 Å². The molecule has 1 aromatic rings. The maximum absolute atomic E-state index is 12.0. The number of ether oxygens (including phenoxy) is 2. The van der Waals surface area contributed by atoms with Gasteiger partial charge in [-0.15, -0.1) is 0 Å². The summed E-state index contributed by atoms with van der Waals surface area (Å²) < 4.78 is 11.3. The number of nitriles is 1. The lowest BCUT2D eigenvalue weighted by atomic mass is 9.78. The number of benzene rings is 1. The van der Waals surface area contributed by atoms with Crippen LogP contribution in [0.4, 0.5) is 10.5 Å². The molecule has 0 spiro atoms. The zero-order valence-corrected chi connectivity index (χ0v) is 16.8. The molecule has 148 valence electrons. The van der Waals surface area contributed by atoms with E-state index in [1.807, 2.05) is 30.3 Å². The third kappa shape index (κ3) is 6.23. The lowest BCUT2D eigenvalue weighted by Crippen LogP contribution is -2.62. The van der Waals surface area contributed by atoms with Gasteiger partial charge < -0.3 is 9.47 Å². The molecule has 6 nitrogen and oxygen atoms in total. The van der Waals surface area contributed by atoms with Crippen molar-refractivity contribution in [3.8, 4) is 6.07 Å². The number of anilines is 1. The van der Waals surface area contributed by atoms with Crippen molar-refractivity contribution in [2.75, 3.05) is 25.1 Å². The standard InChI is InChI=1S/C21H31N3O3/c1-20(2)15-18(26-13-8-11-22)16-21(3,4)24(20)12-14-27-19(25)23-17-9-6-5-7-10-17/h5-7,9-10,18H,8,12-16H2,1-4H3,(H,23,25). The van der Waals surface area contributed by atoms with Crippen LogP contribution < -0.4 is 5.32 Å². The molecule has 0 atom stereocenters. The van der Waals surface area contributed by atoms with E-state index < -0.39 is 6.09 Å². The topological polar surface area (TPSA) is 74.6 Å². The van der Waals surface area contributed by atoms with Gasteiger partial charge in [0.05, 0.1) is 25.2 Å². The van der Waals surface area contributed by atoms with Gasteiger partial charge in [-0.3, -0.25) is 10.2 Å². The number of likely N-dealkylation sites (tertiary alicyclic amines) is 1. The largest absolute Gasteiger partial charge is 0.448 e. The van der Waals surface area contributed by atoms with Gasteiger partial charge in [0.25, 0.3) is 0 Å². The molecular formula is C21H31N3O3. The van der Waals surface area contributed by atoms with Crippen molar-refractivity contribution >= 4 is 11.8 Å². The molecule has 1 heterocycles. The fourth-order valence-electron chi connectivity index (χ4n) is 4.13. The number of carbonyl (C=O) groups is 1. The molecule has 6 heteroatoms. The SMILES string of the molecule is CC1(C)CC(OCCC#N)CC(C)(C)N1CCOC(=O)Nc1ccccc1. The average molecular weight is 373 g/mol. The first-order valence-corrected chi connectivity index (χ1v) is 9.50. The van der Waals surface area contributed by atoms with Crippen LogP contribution in [-0.4, -0.2) is 47.9 Å². The fourth-order valence-corrected chi connectivity index (χ4v) is 4.13. The first-order chi connectivity index (χ1) is 12.7. The summed E-state index contributed by atoms with van der Waals surface area (Å²) in [5, 5.41) is 11.4. The Balaban J connectivity index is 1.86. The van der Waals surface area contributed by atoms with E-state index in [0.717, 1.165) is 18.5 Å². The third-order valence-corrected chi connectivity index (χ3v) is 5.05. The first-order valence-electron chi connectivity index (χ1n) is 9.50. The predicted octanol–water partition coefficient (Wildman–Crippen LogP) is 4.19. The summed E-state index contributed by atoms with van der Waals surface area (Å²) in [6.07, 6.45) is 1.90. The smallest absolute Gasteiger partial charge is 0.411 e. The van der Waals surface area contributed by atoms with Crippen molar-refractivity contribution in [3.63, 3.8) is 0 Å². The Labute approximate surface area is 162 Å². The van der Waals surface area contributed by atoms with Crippen LogP contribution in [-0.2, 0) is 9.47 Å². The molecule has 0 radical (unpaired) electrons. The highest BCUT2D eigenvalue weighted by atomic mass is 16.5. The highest BCUT2D eigenvalue weighted by Crippen LogP contribution is 2.39. The highest BCUT2D eigenvalue weighted by Gasteiger charge is 2.45. The van der Waals surface area contributed by atoms with Gasteiger partial charge in [0.1, 0.15) is 6.61 Å². The van der Waals surface area contributed by atoms with Gasteiger partial charge in [-0.2, -0.15) is 5.26 Å². The van der Waals surface area contributed by atoms with Crippen molar-refractivity contribution in [2.45, 2.75) is 64.1 Å². The quantitative estimate of drug-likeness (QED) is 0.726. The number of rotatable bonds is 7. The molecule has 1 fully saturated rings. The zero-order valence-electron chi connectivity index (χ0n) is 16.8. The van der Waals surface area contributed by atoms with Gasteiger partial charge >= 0.3 is 6.09 Å². The minimum absolute atomic E-state index is 0.0850. The molecule has 2 rings (SSSR count). The number of hydrogen-bond donors (Lipinski definition) is 1. The van der Waals surface area contributed by atoms with E-state index in [0.29, 0.717) is 26.2 Å². The summed E-state index contributed by atoms with van der Waals surface area (Å²) in [4.78, 5) is 14.4. The second-order valence-electron chi connectivity index (χ2n) is 8.21. The maximum atomic E-state index is 12.0. The number of amides is 1. The number of carbonyl (C=O) groups excluding carboxylic acids is 1. The number of hydrogen-bond acceptors (Lipinski definition) is 5. The van der Waals surface area contributed by atoms with Gasteiger partial charge in [-0.1, -0.05) is 18.2 Å². The maximum Gasteiger partial charge on any atom is 0.411 e. The lowest BCUT2D eigenvalue weighted by molar-refractivity contribution is -0.107. The molecular weight excluding hydrogens is 342 g/mol. The number of nitrogens with one attached hydrogen (secondary N) is 1. The molecule has 0 aliphatic carbocycles. The molecule has 1 saturated heterocycles. The first kappa shape index (κ1) is 21.2. The molecule has 0 bridgehead atoms. The molecule has 27 heavy (non-hydrogen) atoms. The molecule has 1 amide bonds. The van der Waals surface area contributed by atoms with E-state index >= 15 is 0 Å². The van der Waals surface area contributed by atoms with Crippen molar-refractivity contribution in [1.82, 2.24) is 4.90 Å². The van der Waals surface area contributed by atoms with Crippen LogP contribution in [0.25, 0.3) is 0 Å². The Kier molecular flexibility index (Phi) is 7.23. The third-order valence-electron chi connectivity index (χ3n) is 5.05. The molecule has 1 aromatic carbocycles. The molecule has 1 aliphatic heterocycles. The second-order valence-corrected chi connectivity index (χ2v) is 8.21. The molecule has 1 N–H and O–H groups in total. The van der Waals surface area contributed by atoms with E-state index in [2.05, 4.69) is 44.0 Å². The Hall–Kier alpha value is -2.10. The van der Waals surface area contributed by atoms with Gasteiger partial charge in [0.2, 0.25) is 0 Å². The fraction of sp³-hybridized carbons (Fsp3) is 0.619. The van der Waals surface area contributed by atoms with Crippen LogP contribution in [0.2, 0.25) is 0 Å². The second kappa shape index (κ2) is 9.20. The normalized spacial score (nSPS) is 19.2. The summed E-state index contributed by atoms with van der Waals surface area (Å²) in [5.74, 6) is 0. The number of para-hydroxylation sites is 1. The molecule has 1 aliphatic rings. The zero-order chi connectivity index (χ0) is 19.9. The minimum atomic E-state index is -0.438. The van der Waals surface area contributed by atoms with E-state index in [-0.39, 0.29) is 17.2 Å². The summed E-state index contributed by atoms with van der Waals surface area (Å²) >= 11 is 0. The van der Waals surface area contributed by atoms with Gasteiger partial charge in [-0.05, 0) is 52.7 Å². The summed E-state index contributed by atoms with van der Waals surface area (Å²) in [5.41, 5.74) is 0.551. The highest BCUT2D eigenvalue weighted by molar-refractivity contribution is 5.84. The van der Waals surface area contributed by atoms with Crippen LogP contribution >= 0.6 is 0 Å². The van der Waals surface area contributed by atoms with E-state index in [1.165, 1.54) is 0 Å².